The van der Waals surface area contributed by atoms with Gasteiger partial charge >= 0.3 is 5.97 Å². The molecular formula is C20H20FNO4. The normalized spacial score (nSPS) is 14.5. The van der Waals surface area contributed by atoms with E-state index in [4.69, 9.17) is 9.84 Å². The second-order valence-corrected chi connectivity index (χ2v) is 6.41. The third-order valence-corrected chi connectivity index (χ3v) is 4.50. The number of nitrogens with one attached hydrogen (secondary N) is 1. The van der Waals surface area contributed by atoms with Gasteiger partial charge in [0.25, 0.3) is 0 Å². The van der Waals surface area contributed by atoms with Crippen molar-refractivity contribution in [2.45, 2.75) is 31.1 Å². The number of carboxylic acids is 1. The molecule has 26 heavy (non-hydrogen) atoms. The highest BCUT2D eigenvalue weighted by atomic mass is 19.1. The number of halogens is 1. The van der Waals surface area contributed by atoms with Crippen LogP contribution >= 0.6 is 0 Å². The van der Waals surface area contributed by atoms with E-state index < -0.39 is 11.4 Å². The number of rotatable bonds is 8. The molecule has 3 rings (SSSR count). The molecule has 136 valence electrons. The van der Waals surface area contributed by atoms with E-state index >= 15 is 0 Å². The minimum Gasteiger partial charge on any atom is -0.494 e. The lowest BCUT2D eigenvalue weighted by Crippen LogP contribution is -2.27. The summed E-state index contributed by atoms with van der Waals surface area (Å²) in [6, 6.07) is 13.0. The fourth-order valence-corrected chi connectivity index (χ4v) is 2.84. The van der Waals surface area contributed by atoms with Crippen LogP contribution in [0.2, 0.25) is 0 Å². The lowest BCUT2D eigenvalue weighted by atomic mass is 9.95. The summed E-state index contributed by atoms with van der Waals surface area (Å²) in [7, 11) is 0. The largest absolute Gasteiger partial charge is 0.494 e. The Kier molecular flexibility index (Phi) is 5.21. The van der Waals surface area contributed by atoms with Gasteiger partial charge in [-0.2, -0.15) is 0 Å². The van der Waals surface area contributed by atoms with E-state index in [9.17, 15) is 14.0 Å². The standard InChI is InChI=1S/C20H20FNO4/c21-15-5-3-14(4-6-15)20(11-12-20)19(25)22-16-7-9-17(10-8-16)26-13-1-2-18(23)24/h3-10H,1-2,11-13H2,(H,22,25)(H,23,24). The smallest absolute Gasteiger partial charge is 0.303 e. The summed E-state index contributed by atoms with van der Waals surface area (Å²) in [4.78, 5) is 23.1. The number of hydrogen-bond donors (Lipinski definition) is 2. The van der Waals surface area contributed by atoms with Gasteiger partial charge in [-0.3, -0.25) is 9.59 Å². The van der Waals surface area contributed by atoms with Gasteiger partial charge in [-0.25, -0.2) is 4.39 Å². The van der Waals surface area contributed by atoms with Crippen molar-refractivity contribution in [2.24, 2.45) is 0 Å². The molecule has 0 heterocycles. The molecule has 5 nitrogen and oxygen atoms in total. The Morgan fingerprint density at radius 3 is 2.31 bits per heavy atom. The maximum Gasteiger partial charge on any atom is 0.303 e. The molecule has 0 unspecified atom stereocenters. The molecule has 0 aromatic heterocycles. The average molecular weight is 357 g/mol. The highest BCUT2D eigenvalue weighted by Crippen LogP contribution is 2.49. The second-order valence-electron chi connectivity index (χ2n) is 6.41. The number of carbonyl (C=O) groups excluding carboxylic acids is 1. The quantitative estimate of drug-likeness (QED) is 0.706. The minimum absolute atomic E-state index is 0.0691. The molecule has 6 heteroatoms. The maximum absolute atomic E-state index is 13.1. The fraction of sp³-hybridized carbons (Fsp3) is 0.300. The van der Waals surface area contributed by atoms with Crippen LogP contribution in [-0.2, 0) is 15.0 Å². The Morgan fingerprint density at radius 2 is 1.73 bits per heavy atom. The number of carboxylic acid groups (broad SMARTS) is 1. The van der Waals surface area contributed by atoms with E-state index in [1.807, 2.05) is 0 Å². The van der Waals surface area contributed by atoms with Crippen LogP contribution in [-0.4, -0.2) is 23.6 Å². The van der Waals surface area contributed by atoms with Gasteiger partial charge in [0.1, 0.15) is 11.6 Å². The predicted octanol–water partition coefficient (Wildman–Crippen LogP) is 3.74. The van der Waals surface area contributed by atoms with E-state index in [0.717, 1.165) is 18.4 Å². The van der Waals surface area contributed by atoms with Gasteiger partial charge in [-0.15, -0.1) is 0 Å². The first-order chi connectivity index (χ1) is 12.5. The summed E-state index contributed by atoms with van der Waals surface area (Å²) in [5, 5.41) is 11.5. The molecule has 1 fully saturated rings. The van der Waals surface area contributed by atoms with Crippen molar-refractivity contribution in [3.63, 3.8) is 0 Å². The molecule has 0 bridgehead atoms. The van der Waals surface area contributed by atoms with Crippen molar-refractivity contribution in [1.82, 2.24) is 0 Å². The van der Waals surface area contributed by atoms with Gasteiger partial charge in [0.05, 0.1) is 12.0 Å². The first kappa shape index (κ1) is 17.9. The Labute approximate surface area is 150 Å². The molecular weight excluding hydrogens is 337 g/mol. The first-order valence-corrected chi connectivity index (χ1v) is 8.52. The van der Waals surface area contributed by atoms with Gasteiger partial charge in [-0.1, -0.05) is 12.1 Å². The Balaban J connectivity index is 1.56. The molecule has 0 atom stereocenters. The number of carbonyl (C=O) groups is 2. The van der Waals surface area contributed by atoms with E-state index in [-0.39, 0.29) is 18.1 Å². The minimum atomic E-state index is -0.846. The molecule has 0 spiro atoms. The fourth-order valence-electron chi connectivity index (χ4n) is 2.84. The number of benzene rings is 2. The zero-order valence-corrected chi connectivity index (χ0v) is 14.2. The molecule has 0 aliphatic heterocycles. The van der Waals surface area contributed by atoms with Crippen molar-refractivity contribution in [3.8, 4) is 5.75 Å². The highest BCUT2D eigenvalue weighted by Gasteiger charge is 2.51. The molecule has 2 N–H and O–H groups in total. The third-order valence-electron chi connectivity index (χ3n) is 4.50. The highest BCUT2D eigenvalue weighted by molar-refractivity contribution is 6.01. The van der Waals surface area contributed by atoms with Crippen LogP contribution in [0.3, 0.4) is 0 Å². The molecule has 1 aliphatic rings. The van der Waals surface area contributed by atoms with Gasteiger partial charge < -0.3 is 15.2 Å². The number of hydrogen-bond acceptors (Lipinski definition) is 3. The van der Waals surface area contributed by atoms with Crippen LogP contribution in [0.5, 0.6) is 5.75 Å². The number of amides is 1. The van der Waals surface area contributed by atoms with Crippen LogP contribution in [0.15, 0.2) is 48.5 Å². The summed E-state index contributed by atoms with van der Waals surface area (Å²) in [5.41, 5.74) is 0.913. The van der Waals surface area contributed by atoms with E-state index in [0.29, 0.717) is 24.5 Å². The van der Waals surface area contributed by atoms with Crippen molar-refractivity contribution >= 4 is 17.6 Å². The SMILES string of the molecule is O=C(O)CCCOc1ccc(NC(=O)C2(c3ccc(F)cc3)CC2)cc1. The maximum atomic E-state index is 13.1. The van der Waals surface area contributed by atoms with Gasteiger partial charge in [0.2, 0.25) is 5.91 Å². The molecule has 2 aromatic rings. The molecule has 1 aliphatic carbocycles. The Hall–Kier alpha value is -2.89. The van der Waals surface area contributed by atoms with E-state index in [1.165, 1.54) is 12.1 Å². The molecule has 2 aromatic carbocycles. The Morgan fingerprint density at radius 1 is 1.08 bits per heavy atom. The van der Waals surface area contributed by atoms with Crippen molar-refractivity contribution in [3.05, 3.63) is 59.9 Å². The summed E-state index contributed by atoms with van der Waals surface area (Å²) in [6.07, 6.45) is 2.00. The average Bonchev–Trinajstić information content (AvgIpc) is 3.42. The summed E-state index contributed by atoms with van der Waals surface area (Å²) in [6.45, 7) is 0.325. The molecule has 1 saturated carbocycles. The number of ether oxygens (including phenoxy) is 1. The number of anilines is 1. The number of aliphatic carboxylic acids is 1. The summed E-state index contributed by atoms with van der Waals surface area (Å²) in [5.74, 6) is -0.641. The first-order valence-electron chi connectivity index (χ1n) is 8.52. The van der Waals surface area contributed by atoms with Gasteiger partial charge in [-0.05, 0) is 61.2 Å². The second kappa shape index (κ2) is 7.56. The summed E-state index contributed by atoms with van der Waals surface area (Å²) < 4.78 is 18.6. The molecule has 0 radical (unpaired) electrons. The monoisotopic (exact) mass is 357 g/mol. The van der Waals surface area contributed by atoms with Crippen LogP contribution < -0.4 is 10.1 Å². The molecule has 0 saturated heterocycles. The van der Waals surface area contributed by atoms with Crippen LogP contribution in [0.4, 0.5) is 10.1 Å². The lowest BCUT2D eigenvalue weighted by Gasteiger charge is -2.16. The van der Waals surface area contributed by atoms with Crippen molar-refractivity contribution in [2.75, 3.05) is 11.9 Å². The topological polar surface area (TPSA) is 75.6 Å². The lowest BCUT2D eigenvalue weighted by molar-refractivity contribution is -0.137. The van der Waals surface area contributed by atoms with Gasteiger partial charge in [0, 0.05) is 12.1 Å². The molecule has 1 amide bonds. The van der Waals surface area contributed by atoms with E-state index in [2.05, 4.69) is 5.32 Å². The van der Waals surface area contributed by atoms with Gasteiger partial charge in [0.15, 0.2) is 0 Å². The predicted molar refractivity (Wildman–Crippen MR) is 94.7 cm³/mol. The van der Waals surface area contributed by atoms with Crippen molar-refractivity contribution in [1.29, 1.82) is 0 Å². The van der Waals surface area contributed by atoms with Crippen LogP contribution in [0.1, 0.15) is 31.2 Å². The van der Waals surface area contributed by atoms with Crippen molar-refractivity contribution < 1.29 is 23.8 Å². The Bertz CT molecular complexity index is 782. The zero-order valence-electron chi connectivity index (χ0n) is 14.2. The zero-order chi connectivity index (χ0) is 18.6. The summed E-state index contributed by atoms with van der Waals surface area (Å²) >= 11 is 0. The van der Waals surface area contributed by atoms with Crippen LogP contribution in [0.25, 0.3) is 0 Å². The van der Waals surface area contributed by atoms with Crippen LogP contribution in [0, 0.1) is 5.82 Å². The third kappa shape index (κ3) is 4.20. The van der Waals surface area contributed by atoms with E-state index in [1.54, 1.807) is 36.4 Å².